The van der Waals surface area contributed by atoms with Crippen LogP contribution in [0.2, 0.25) is 5.02 Å². The van der Waals surface area contributed by atoms with E-state index in [-0.39, 0.29) is 18.4 Å². The predicted molar refractivity (Wildman–Crippen MR) is 137 cm³/mol. The van der Waals surface area contributed by atoms with Gasteiger partial charge in [-0.15, -0.1) is 0 Å². The third-order valence-electron chi connectivity index (χ3n) is 5.72. The number of fused-ring (bicyclic) bond motifs is 3. The number of para-hydroxylation sites is 2. The Labute approximate surface area is 210 Å². The molecule has 4 rings (SSSR count). The van der Waals surface area contributed by atoms with E-state index in [1.807, 2.05) is 48.5 Å². The average molecular weight is 493 g/mol. The fraction of sp³-hybridized carbons (Fsp3) is 0.296. The second-order valence-corrected chi connectivity index (χ2v) is 8.83. The summed E-state index contributed by atoms with van der Waals surface area (Å²) in [6, 6.07) is 20.5. The molecule has 2 amide bonds. The van der Waals surface area contributed by atoms with Crippen LogP contribution in [0.5, 0.6) is 5.75 Å². The number of amides is 2. The number of hydrogen-bond acceptors (Lipinski definition) is 5. The smallest absolute Gasteiger partial charge is 0.273 e. The summed E-state index contributed by atoms with van der Waals surface area (Å²) in [6.45, 7) is 1.51. The maximum Gasteiger partial charge on any atom is 0.273 e. The van der Waals surface area contributed by atoms with Crippen molar-refractivity contribution in [1.82, 2.24) is 15.2 Å². The van der Waals surface area contributed by atoms with Crippen molar-refractivity contribution < 1.29 is 14.3 Å². The molecule has 3 aromatic rings. The van der Waals surface area contributed by atoms with Gasteiger partial charge in [0.15, 0.2) is 0 Å². The van der Waals surface area contributed by atoms with E-state index in [4.69, 9.17) is 16.3 Å². The molecule has 2 heterocycles. The summed E-state index contributed by atoms with van der Waals surface area (Å²) in [6.07, 6.45) is 3.19. The molecule has 2 bridgehead atoms. The van der Waals surface area contributed by atoms with Crippen molar-refractivity contribution in [2.24, 2.45) is 0 Å². The number of rotatable bonds is 5. The van der Waals surface area contributed by atoms with Crippen molar-refractivity contribution in [2.45, 2.75) is 25.7 Å². The van der Waals surface area contributed by atoms with E-state index < -0.39 is 0 Å². The minimum Gasteiger partial charge on any atom is -0.491 e. The van der Waals surface area contributed by atoms with Gasteiger partial charge in [0.05, 0.1) is 18.8 Å². The van der Waals surface area contributed by atoms with Crippen molar-refractivity contribution in [2.75, 3.05) is 31.6 Å². The number of nitrogens with one attached hydrogen (secondary N) is 2. The van der Waals surface area contributed by atoms with Crippen LogP contribution in [0.15, 0.2) is 66.7 Å². The number of ether oxygens (including phenoxy) is 1. The van der Waals surface area contributed by atoms with Crippen LogP contribution in [0.3, 0.4) is 0 Å². The summed E-state index contributed by atoms with van der Waals surface area (Å²) in [5.74, 6) is 0.833. The highest BCUT2D eigenvalue weighted by molar-refractivity contribution is 6.30. The van der Waals surface area contributed by atoms with Crippen LogP contribution in [0.4, 0.5) is 11.5 Å². The SMILES string of the molecule is O=C(CN1CCCCCOc2ccccc2Nc2cccc(n2)C1=O)NCCc1ccc(Cl)cc1. The van der Waals surface area contributed by atoms with Gasteiger partial charge >= 0.3 is 0 Å². The molecule has 0 spiro atoms. The highest BCUT2D eigenvalue weighted by Crippen LogP contribution is 2.27. The molecule has 1 aliphatic heterocycles. The summed E-state index contributed by atoms with van der Waals surface area (Å²) in [5, 5.41) is 6.84. The standard InChI is InChI=1S/C27H29ClN4O3/c28-21-13-11-20(12-14-21)15-16-29-26(33)19-32-17-4-1-5-18-35-24-9-3-2-7-22(24)30-25-10-6-8-23(31-25)27(32)34/h2-3,6-14H,1,4-5,15-19H2,(H,29,33)(H,30,31). The molecule has 8 heteroatoms. The molecular weight excluding hydrogens is 464 g/mol. The van der Waals surface area contributed by atoms with Crippen LogP contribution in [-0.2, 0) is 11.2 Å². The van der Waals surface area contributed by atoms with Crippen LogP contribution in [0.1, 0.15) is 35.3 Å². The van der Waals surface area contributed by atoms with E-state index in [0.717, 1.165) is 36.3 Å². The zero-order chi connectivity index (χ0) is 24.5. The second kappa shape index (κ2) is 12.2. The molecule has 0 saturated heterocycles. The summed E-state index contributed by atoms with van der Waals surface area (Å²) < 4.78 is 5.96. The molecule has 0 radical (unpaired) electrons. The molecular formula is C27H29ClN4O3. The van der Waals surface area contributed by atoms with Crippen molar-refractivity contribution in [3.63, 3.8) is 0 Å². The van der Waals surface area contributed by atoms with E-state index in [9.17, 15) is 9.59 Å². The summed E-state index contributed by atoms with van der Waals surface area (Å²) in [7, 11) is 0. The third kappa shape index (κ3) is 7.20. The van der Waals surface area contributed by atoms with Crippen molar-refractivity contribution in [1.29, 1.82) is 0 Å². The number of nitrogens with zero attached hydrogens (tertiary/aromatic N) is 2. The first-order valence-electron chi connectivity index (χ1n) is 11.8. The molecule has 0 aliphatic carbocycles. The van der Waals surface area contributed by atoms with Gasteiger partial charge in [-0.3, -0.25) is 9.59 Å². The van der Waals surface area contributed by atoms with Gasteiger partial charge in [0.2, 0.25) is 5.91 Å². The minimum atomic E-state index is -0.261. The highest BCUT2D eigenvalue weighted by Gasteiger charge is 2.20. The van der Waals surface area contributed by atoms with Gasteiger partial charge in [-0.1, -0.05) is 41.9 Å². The number of carbonyl (C=O) groups excluding carboxylic acids is 2. The van der Waals surface area contributed by atoms with E-state index >= 15 is 0 Å². The summed E-state index contributed by atoms with van der Waals surface area (Å²) >= 11 is 5.92. The number of anilines is 2. The minimum absolute atomic E-state index is 0.0158. The van der Waals surface area contributed by atoms with Gasteiger partial charge in [0.25, 0.3) is 5.91 Å². The molecule has 1 aromatic heterocycles. The monoisotopic (exact) mass is 492 g/mol. The Balaban J connectivity index is 1.43. The number of carbonyl (C=O) groups is 2. The Morgan fingerprint density at radius 1 is 1.03 bits per heavy atom. The molecule has 2 aromatic carbocycles. The Bertz CT molecular complexity index is 1150. The van der Waals surface area contributed by atoms with E-state index in [1.54, 1.807) is 23.1 Å². The lowest BCUT2D eigenvalue weighted by atomic mass is 10.1. The summed E-state index contributed by atoms with van der Waals surface area (Å²) in [4.78, 5) is 32.0. The predicted octanol–water partition coefficient (Wildman–Crippen LogP) is 4.84. The Morgan fingerprint density at radius 3 is 2.71 bits per heavy atom. The van der Waals surface area contributed by atoms with E-state index in [0.29, 0.717) is 42.7 Å². The number of aromatic nitrogens is 1. The van der Waals surface area contributed by atoms with Gasteiger partial charge in [-0.05, 0) is 67.6 Å². The Morgan fingerprint density at radius 2 is 1.86 bits per heavy atom. The second-order valence-electron chi connectivity index (χ2n) is 8.39. The normalized spacial score (nSPS) is 14.2. The molecule has 2 N–H and O–H groups in total. The molecule has 1 aliphatic rings. The Hall–Kier alpha value is -3.58. The molecule has 0 unspecified atom stereocenters. The van der Waals surface area contributed by atoms with Crippen LogP contribution in [0.25, 0.3) is 0 Å². The zero-order valence-electron chi connectivity index (χ0n) is 19.5. The number of hydrogen-bond donors (Lipinski definition) is 2. The first-order chi connectivity index (χ1) is 17.1. The molecule has 35 heavy (non-hydrogen) atoms. The fourth-order valence-corrected chi connectivity index (χ4v) is 3.99. The number of pyridine rings is 1. The van der Waals surface area contributed by atoms with Crippen LogP contribution in [0, 0.1) is 0 Å². The van der Waals surface area contributed by atoms with Gasteiger partial charge < -0.3 is 20.3 Å². The maximum absolute atomic E-state index is 13.3. The van der Waals surface area contributed by atoms with Gasteiger partial charge in [-0.25, -0.2) is 4.98 Å². The lowest BCUT2D eigenvalue weighted by Gasteiger charge is -2.23. The topological polar surface area (TPSA) is 83.6 Å². The van der Waals surface area contributed by atoms with E-state index in [2.05, 4.69) is 15.6 Å². The average Bonchev–Trinajstić information content (AvgIpc) is 2.87. The highest BCUT2D eigenvalue weighted by atomic mass is 35.5. The summed E-state index contributed by atoms with van der Waals surface area (Å²) in [5.41, 5.74) is 2.17. The first kappa shape index (κ1) is 24.5. The number of benzene rings is 2. The molecule has 182 valence electrons. The van der Waals surface area contributed by atoms with E-state index in [1.165, 1.54) is 0 Å². The Kier molecular flexibility index (Phi) is 8.57. The van der Waals surface area contributed by atoms with Crippen LogP contribution >= 0.6 is 11.6 Å². The largest absolute Gasteiger partial charge is 0.491 e. The molecule has 0 atom stereocenters. The van der Waals surface area contributed by atoms with Crippen molar-refractivity contribution in [3.8, 4) is 5.75 Å². The molecule has 0 fully saturated rings. The number of halogens is 1. The van der Waals surface area contributed by atoms with Gasteiger partial charge in [0.1, 0.15) is 17.3 Å². The molecule has 7 nitrogen and oxygen atoms in total. The van der Waals surface area contributed by atoms with Crippen molar-refractivity contribution in [3.05, 3.63) is 83.0 Å². The lowest BCUT2D eigenvalue weighted by molar-refractivity contribution is -0.121. The zero-order valence-corrected chi connectivity index (χ0v) is 20.3. The van der Waals surface area contributed by atoms with Crippen molar-refractivity contribution >= 4 is 34.9 Å². The molecule has 0 saturated carbocycles. The maximum atomic E-state index is 13.3. The van der Waals surface area contributed by atoms with Crippen LogP contribution < -0.4 is 15.4 Å². The first-order valence-corrected chi connectivity index (χ1v) is 12.2. The third-order valence-corrected chi connectivity index (χ3v) is 5.97. The fourth-order valence-electron chi connectivity index (χ4n) is 3.86. The van der Waals surface area contributed by atoms with Crippen LogP contribution in [-0.4, -0.2) is 47.9 Å². The van der Waals surface area contributed by atoms with Gasteiger partial charge in [0, 0.05) is 18.1 Å². The lowest BCUT2D eigenvalue weighted by Crippen LogP contribution is -2.42. The van der Waals surface area contributed by atoms with Gasteiger partial charge in [-0.2, -0.15) is 0 Å². The quantitative estimate of drug-likeness (QED) is 0.532.